The van der Waals surface area contributed by atoms with Crippen molar-refractivity contribution in [3.63, 3.8) is 0 Å². The highest BCUT2D eigenvalue weighted by Gasteiger charge is 2.30. The summed E-state index contributed by atoms with van der Waals surface area (Å²) >= 11 is 1.73. The first-order chi connectivity index (χ1) is 7.35. The van der Waals surface area contributed by atoms with E-state index < -0.39 is 6.04 Å². The first kappa shape index (κ1) is 13.4. The van der Waals surface area contributed by atoms with E-state index in [9.17, 15) is 9.59 Å². The van der Waals surface area contributed by atoms with Crippen LogP contribution in [0.4, 0.5) is 0 Å². The quantitative estimate of drug-likeness (QED) is 0.801. The fourth-order valence-electron chi connectivity index (χ4n) is 1.68. The van der Waals surface area contributed by atoms with E-state index >= 15 is 0 Å². The minimum Gasteiger partial charge on any atom is -0.345 e. The lowest BCUT2D eigenvalue weighted by Crippen LogP contribution is -2.46. The van der Waals surface area contributed by atoms with Gasteiger partial charge in [-0.15, -0.1) is 0 Å². The maximum absolute atomic E-state index is 12.0. The molecule has 1 atom stereocenters. The van der Waals surface area contributed by atoms with Crippen molar-refractivity contribution in [2.45, 2.75) is 38.0 Å². The van der Waals surface area contributed by atoms with Crippen molar-refractivity contribution in [3.05, 3.63) is 0 Å². The molecule has 5 heteroatoms. The van der Waals surface area contributed by atoms with Crippen molar-refractivity contribution < 1.29 is 9.59 Å². The Morgan fingerprint density at radius 3 is 2.69 bits per heavy atom. The van der Waals surface area contributed by atoms with Gasteiger partial charge in [-0.1, -0.05) is 0 Å². The first-order valence-electron chi connectivity index (χ1n) is 5.49. The molecule has 1 heterocycles. The molecule has 0 aromatic rings. The van der Waals surface area contributed by atoms with Gasteiger partial charge in [0.05, 0.1) is 0 Å². The fourth-order valence-corrected chi connectivity index (χ4v) is 1.96. The Morgan fingerprint density at radius 1 is 1.50 bits per heavy atom. The second kappa shape index (κ2) is 5.08. The molecule has 1 saturated heterocycles. The third-order valence-corrected chi connectivity index (χ3v) is 4.03. The van der Waals surface area contributed by atoms with Gasteiger partial charge < -0.3 is 10.2 Å². The molecule has 0 aromatic carbocycles. The zero-order valence-corrected chi connectivity index (χ0v) is 11.2. The van der Waals surface area contributed by atoms with Crippen molar-refractivity contribution in [2.24, 2.45) is 0 Å². The van der Waals surface area contributed by atoms with Crippen LogP contribution in [-0.4, -0.2) is 46.8 Å². The van der Waals surface area contributed by atoms with E-state index in [2.05, 4.69) is 19.2 Å². The van der Waals surface area contributed by atoms with E-state index in [4.69, 9.17) is 0 Å². The average Bonchev–Trinajstić information content (AvgIpc) is 2.32. The van der Waals surface area contributed by atoms with Gasteiger partial charge in [0.1, 0.15) is 6.04 Å². The third-order valence-electron chi connectivity index (χ3n) is 2.79. The number of hydrogen-bond acceptors (Lipinski definition) is 3. The van der Waals surface area contributed by atoms with E-state index in [0.717, 1.165) is 0 Å². The number of rotatable bonds is 3. The molecule has 1 fully saturated rings. The zero-order chi connectivity index (χ0) is 12.3. The van der Waals surface area contributed by atoms with E-state index in [1.165, 1.54) is 0 Å². The predicted octanol–water partition coefficient (Wildman–Crippen LogP) is 0.865. The Balaban J connectivity index is 2.71. The Hall–Kier alpha value is -0.710. The van der Waals surface area contributed by atoms with Gasteiger partial charge in [-0.05, 0) is 27.0 Å². The second-order valence-electron chi connectivity index (χ2n) is 4.76. The summed E-state index contributed by atoms with van der Waals surface area (Å²) in [5.74, 6) is -0.0155. The number of hydrogen-bond donors (Lipinski definition) is 1. The van der Waals surface area contributed by atoms with Crippen molar-refractivity contribution in [1.29, 1.82) is 0 Å². The van der Waals surface area contributed by atoms with E-state index in [-0.39, 0.29) is 16.6 Å². The molecule has 0 saturated carbocycles. The molecule has 92 valence electrons. The van der Waals surface area contributed by atoms with Crippen LogP contribution in [0, 0.1) is 0 Å². The molecule has 1 unspecified atom stereocenters. The summed E-state index contributed by atoms with van der Waals surface area (Å²) < 4.78 is 0.0305. The number of nitrogens with zero attached hydrogens (tertiary/aromatic N) is 1. The van der Waals surface area contributed by atoms with Crippen LogP contribution < -0.4 is 5.32 Å². The standard InChI is InChI=1S/C11H20N2O2S/c1-8-10(15)13(6-5-9(14)12-8)7-11(2,3)16-4/h8H,5-7H2,1-4H3,(H,12,14). The van der Waals surface area contributed by atoms with Gasteiger partial charge in [0.25, 0.3) is 0 Å². The zero-order valence-electron chi connectivity index (χ0n) is 10.4. The van der Waals surface area contributed by atoms with Gasteiger partial charge in [0.2, 0.25) is 11.8 Å². The molecule has 1 rings (SSSR count). The van der Waals surface area contributed by atoms with Crippen LogP contribution in [0.5, 0.6) is 0 Å². The number of thioether (sulfide) groups is 1. The topological polar surface area (TPSA) is 49.4 Å². The molecule has 0 aromatic heterocycles. The maximum Gasteiger partial charge on any atom is 0.244 e. The lowest BCUT2D eigenvalue weighted by atomic mass is 10.1. The normalized spacial score (nSPS) is 23.0. The average molecular weight is 244 g/mol. The van der Waals surface area contributed by atoms with Crippen molar-refractivity contribution in [1.82, 2.24) is 10.2 Å². The Kier molecular flexibility index (Phi) is 4.24. The van der Waals surface area contributed by atoms with Crippen molar-refractivity contribution in [2.75, 3.05) is 19.3 Å². The van der Waals surface area contributed by atoms with Crippen LogP contribution in [0.2, 0.25) is 0 Å². The third kappa shape index (κ3) is 3.40. The van der Waals surface area contributed by atoms with Gasteiger partial charge in [0, 0.05) is 24.3 Å². The molecule has 0 radical (unpaired) electrons. The Morgan fingerprint density at radius 2 is 2.12 bits per heavy atom. The molecule has 2 amide bonds. The van der Waals surface area contributed by atoms with Gasteiger partial charge in [-0.3, -0.25) is 9.59 Å². The van der Waals surface area contributed by atoms with E-state index in [0.29, 0.717) is 19.5 Å². The summed E-state index contributed by atoms with van der Waals surface area (Å²) in [5, 5.41) is 2.69. The highest BCUT2D eigenvalue weighted by Crippen LogP contribution is 2.23. The van der Waals surface area contributed by atoms with Gasteiger partial charge in [0.15, 0.2) is 0 Å². The summed E-state index contributed by atoms with van der Waals surface area (Å²) in [4.78, 5) is 25.1. The van der Waals surface area contributed by atoms with Crippen LogP contribution in [-0.2, 0) is 9.59 Å². The highest BCUT2D eigenvalue weighted by atomic mass is 32.2. The summed E-state index contributed by atoms with van der Waals surface area (Å²) in [6, 6.07) is -0.396. The summed E-state index contributed by atoms with van der Waals surface area (Å²) in [5.41, 5.74) is 0. The molecule has 1 N–H and O–H groups in total. The van der Waals surface area contributed by atoms with E-state index in [1.807, 2.05) is 6.26 Å². The number of nitrogens with one attached hydrogen (secondary N) is 1. The molecule has 1 aliphatic heterocycles. The van der Waals surface area contributed by atoms with Crippen molar-refractivity contribution in [3.8, 4) is 0 Å². The van der Waals surface area contributed by atoms with Crippen LogP contribution in [0.3, 0.4) is 0 Å². The van der Waals surface area contributed by atoms with Crippen LogP contribution >= 0.6 is 11.8 Å². The molecule has 0 bridgehead atoms. The summed E-state index contributed by atoms with van der Waals surface area (Å²) in [6.07, 6.45) is 2.44. The van der Waals surface area contributed by atoms with Crippen LogP contribution in [0.15, 0.2) is 0 Å². The maximum atomic E-state index is 12.0. The molecule has 1 aliphatic rings. The Bertz CT molecular complexity index is 292. The van der Waals surface area contributed by atoms with Crippen molar-refractivity contribution >= 4 is 23.6 Å². The second-order valence-corrected chi connectivity index (χ2v) is 6.28. The molecule has 0 aliphatic carbocycles. The van der Waals surface area contributed by atoms with Gasteiger partial charge in [-0.25, -0.2) is 0 Å². The van der Waals surface area contributed by atoms with Gasteiger partial charge in [-0.2, -0.15) is 11.8 Å². The highest BCUT2D eigenvalue weighted by molar-refractivity contribution is 7.99. The minimum absolute atomic E-state index is 0.0213. The largest absolute Gasteiger partial charge is 0.345 e. The molecule has 4 nitrogen and oxygen atoms in total. The van der Waals surface area contributed by atoms with Crippen LogP contribution in [0.1, 0.15) is 27.2 Å². The van der Waals surface area contributed by atoms with E-state index in [1.54, 1.807) is 23.6 Å². The SMILES string of the molecule is CSC(C)(C)CN1CCC(=O)NC(C)C1=O. The predicted molar refractivity (Wildman–Crippen MR) is 66.4 cm³/mol. The lowest BCUT2D eigenvalue weighted by Gasteiger charge is -2.31. The minimum atomic E-state index is -0.396. The number of carbonyl (C=O) groups excluding carboxylic acids is 2. The lowest BCUT2D eigenvalue weighted by molar-refractivity contribution is -0.133. The molecule has 16 heavy (non-hydrogen) atoms. The van der Waals surface area contributed by atoms with Crippen LogP contribution in [0.25, 0.3) is 0 Å². The molecular weight excluding hydrogens is 224 g/mol. The van der Waals surface area contributed by atoms with Gasteiger partial charge >= 0.3 is 0 Å². The smallest absolute Gasteiger partial charge is 0.244 e. The fraction of sp³-hybridized carbons (Fsp3) is 0.818. The first-order valence-corrected chi connectivity index (χ1v) is 6.71. The number of amides is 2. The Labute approximate surface area is 101 Å². The summed E-state index contributed by atoms with van der Waals surface area (Å²) in [6.45, 7) is 7.17. The number of carbonyl (C=O) groups is 2. The molecular formula is C11H20N2O2S. The molecule has 0 spiro atoms. The monoisotopic (exact) mass is 244 g/mol. The summed E-state index contributed by atoms with van der Waals surface area (Å²) in [7, 11) is 0.